The number of ketones is 1. The first-order chi connectivity index (χ1) is 24.3. The fraction of sp³-hybridized carbons (Fsp3) is 0.718. The number of hydrogen-bond acceptors (Lipinski definition) is 13. The van der Waals surface area contributed by atoms with Crippen molar-refractivity contribution >= 4 is 35.6 Å². The lowest BCUT2D eigenvalue weighted by atomic mass is 9.55. The van der Waals surface area contributed by atoms with Crippen LogP contribution in [0.5, 0.6) is 0 Å². The van der Waals surface area contributed by atoms with Gasteiger partial charge in [0.1, 0.15) is 30.5 Å². The first-order valence-electron chi connectivity index (χ1n) is 18.4. The number of rotatable bonds is 11. The van der Waals surface area contributed by atoms with Gasteiger partial charge < -0.3 is 28.8 Å². The van der Waals surface area contributed by atoms with Gasteiger partial charge in [0.15, 0.2) is 5.60 Å². The van der Waals surface area contributed by atoms with Gasteiger partial charge in [0.2, 0.25) is 5.78 Å². The Bertz CT molecular complexity index is 1590. The second kappa shape index (κ2) is 14.2. The SMILES string of the molecule is CCCC(=O)O[C@@H]1[C@@H]2[C@@H](OC(=O)[C@H](C)CC)[C@@]3(COC(=O)c4cccnc4)[C@@H]([C@@H]4[C@H](C[C@H]3OC(C)=O)C4(C)C)[C@](C)(OC(C)=O)C(=O)[C@@]2(O)C[C@@H]1C. The molecule has 4 fully saturated rings. The van der Waals surface area contributed by atoms with Crippen LogP contribution in [0.4, 0.5) is 0 Å². The molecule has 1 aromatic heterocycles. The van der Waals surface area contributed by atoms with Crippen LogP contribution >= 0.6 is 0 Å². The monoisotopic (exact) mass is 727 g/mol. The molecular formula is C39H53NO12. The summed E-state index contributed by atoms with van der Waals surface area (Å²) in [5, 5.41) is 12.9. The topological polar surface area (TPSA) is 182 Å². The van der Waals surface area contributed by atoms with Gasteiger partial charge in [-0.1, -0.05) is 41.5 Å². The maximum absolute atomic E-state index is 15.4. The average Bonchev–Trinajstić information content (AvgIpc) is 3.52. The van der Waals surface area contributed by atoms with Crippen LogP contribution in [0.15, 0.2) is 24.5 Å². The summed E-state index contributed by atoms with van der Waals surface area (Å²) in [6.07, 6.45) is -0.174. The number of nitrogens with zero attached hydrogens (tertiary/aromatic N) is 1. The molecular weight excluding hydrogens is 674 g/mol. The smallest absolute Gasteiger partial charge is 0.339 e. The Morgan fingerprint density at radius 1 is 1.02 bits per heavy atom. The first-order valence-corrected chi connectivity index (χ1v) is 18.4. The molecule has 0 spiro atoms. The number of ether oxygens (including phenoxy) is 5. The highest BCUT2D eigenvalue weighted by Gasteiger charge is 2.84. The van der Waals surface area contributed by atoms with E-state index in [-0.39, 0.29) is 30.7 Å². The van der Waals surface area contributed by atoms with E-state index >= 15 is 4.79 Å². The molecule has 1 aromatic rings. The standard InChI is InChI=1S/C39H53NO12/c1-10-13-27(43)50-30-21(4)17-39(47)29(30)32(51-33(44)20(3)11-2)38(19-48-34(45)24-14-12-15-40-18-24)26(49-22(5)41)16-25-28(36(25,7)8)31(38)37(9,35(39)46)52-23(6)42/h12,14-15,18,20-21,25-26,28-32,47H,10-11,13,16-17,19H2,1-9H3/t20-,21+,25+,26-,28+,29-,30+,31+,32-,37+,38-,39-/m1/s1. The molecule has 5 rings (SSSR count). The lowest BCUT2D eigenvalue weighted by Gasteiger charge is -2.55. The fourth-order valence-electron chi connectivity index (χ4n) is 10.0. The van der Waals surface area contributed by atoms with Crippen molar-refractivity contribution in [2.75, 3.05) is 6.61 Å². The third kappa shape index (κ3) is 6.40. The van der Waals surface area contributed by atoms with Gasteiger partial charge in [0, 0.05) is 38.6 Å². The number of aromatic nitrogens is 1. The van der Waals surface area contributed by atoms with Crippen molar-refractivity contribution in [3.8, 4) is 0 Å². The molecule has 0 aromatic carbocycles. The van der Waals surface area contributed by atoms with E-state index in [4.69, 9.17) is 23.7 Å². The summed E-state index contributed by atoms with van der Waals surface area (Å²) >= 11 is 0. The summed E-state index contributed by atoms with van der Waals surface area (Å²) in [7, 11) is 0. The quantitative estimate of drug-likeness (QED) is 0.250. The van der Waals surface area contributed by atoms with Crippen LogP contribution in [0.3, 0.4) is 0 Å². The summed E-state index contributed by atoms with van der Waals surface area (Å²) in [6.45, 7) is 14.2. The number of Topliss-reactive ketones (excluding diaryl/α,β-unsaturated/α-hetero) is 1. The highest BCUT2D eigenvalue weighted by Crippen LogP contribution is 2.76. The van der Waals surface area contributed by atoms with Crippen molar-refractivity contribution in [2.45, 2.75) is 124 Å². The summed E-state index contributed by atoms with van der Waals surface area (Å²) < 4.78 is 31.0. The van der Waals surface area contributed by atoms with Crippen LogP contribution in [0.2, 0.25) is 0 Å². The van der Waals surface area contributed by atoms with E-state index in [9.17, 15) is 29.1 Å². The molecule has 1 N–H and O–H groups in total. The van der Waals surface area contributed by atoms with Gasteiger partial charge in [0.05, 0.1) is 22.8 Å². The predicted octanol–water partition coefficient (Wildman–Crippen LogP) is 4.41. The minimum Gasteiger partial charge on any atom is -0.462 e. The fourth-order valence-corrected chi connectivity index (χ4v) is 10.0. The number of carbonyl (C=O) groups excluding carboxylic acids is 6. The van der Waals surface area contributed by atoms with Crippen molar-refractivity contribution in [2.24, 2.45) is 46.3 Å². The Morgan fingerprint density at radius 3 is 2.29 bits per heavy atom. The molecule has 1 heterocycles. The largest absolute Gasteiger partial charge is 0.462 e. The summed E-state index contributed by atoms with van der Waals surface area (Å²) in [5.41, 5.74) is -6.70. The number of pyridine rings is 1. The molecule has 12 atom stereocenters. The molecule has 286 valence electrons. The zero-order valence-corrected chi connectivity index (χ0v) is 31.6. The molecule has 4 aliphatic rings. The van der Waals surface area contributed by atoms with Crippen molar-refractivity contribution in [1.82, 2.24) is 4.98 Å². The van der Waals surface area contributed by atoms with Gasteiger partial charge in [-0.05, 0) is 67.9 Å². The lowest BCUT2D eigenvalue weighted by Crippen LogP contribution is -2.66. The van der Waals surface area contributed by atoms with E-state index in [1.807, 2.05) is 20.8 Å². The third-order valence-electron chi connectivity index (χ3n) is 12.5. The molecule has 4 aliphatic carbocycles. The zero-order valence-electron chi connectivity index (χ0n) is 31.6. The van der Waals surface area contributed by atoms with Crippen LogP contribution in [0.25, 0.3) is 0 Å². The Kier molecular flexibility index (Phi) is 10.7. The van der Waals surface area contributed by atoms with Gasteiger partial charge in [-0.15, -0.1) is 0 Å². The first kappa shape index (κ1) is 39.3. The van der Waals surface area contributed by atoms with Gasteiger partial charge in [0.25, 0.3) is 0 Å². The molecule has 0 aliphatic heterocycles. The van der Waals surface area contributed by atoms with Gasteiger partial charge in [-0.3, -0.25) is 29.0 Å². The number of fused-ring (bicyclic) bond motifs is 4. The second-order valence-corrected chi connectivity index (χ2v) is 16.2. The van der Waals surface area contributed by atoms with Crippen molar-refractivity contribution in [3.05, 3.63) is 30.1 Å². The van der Waals surface area contributed by atoms with E-state index < -0.39 is 112 Å². The Morgan fingerprint density at radius 2 is 1.71 bits per heavy atom. The van der Waals surface area contributed by atoms with Crippen LogP contribution in [0, 0.1) is 46.3 Å². The van der Waals surface area contributed by atoms with E-state index in [2.05, 4.69) is 4.98 Å². The maximum Gasteiger partial charge on any atom is 0.339 e. The Balaban J connectivity index is 1.87. The summed E-state index contributed by atoms with van der Waals surface area (Å²) in [6, 6.07) is 3.07. The van der Waals surface area contributed by atoms with E-state index in [0.717, 1.165) is 6.92 Å². The van der Waals surface area contributed by atoms with Crippen molar-refractivity contribution in [1.29, 1.82) is 0 Å². The predicted molar refractivity (Wildman–Crippen MR) is 183 cm³/mol. The number of carbonyl (C=O) groups is 6. The second-order valence-electron chi connectivity index (χ2n) is 16.2. The molecule has 13 nitrogen and oxygen atoms in total. The van der Waals surface area contributed by atoms with Crippen molar-refractivity contribution in [3.63, 3.8) is 0 Å². The van der Waals surface area contributed by atoms with Crippen molar-refractivity contribution < 1.29 is 57.6 Å². The highest BCUT2D eigenvalue weighted by molar-refractivity contribution is 5.98. The zero-order chi connectivity index (χ0) is 38.6. The minimum atomic E-state index is -2.37. The van der Waals surface area contributed by atoms with Crippen LogP contribution in [-0.2, 0) is 47.7 Å². The van der Waals surface area contributed by atoms with Crippen LogP contribution in [-0.4, -0.2) is 81.8 Å². The maximum atomic E-state index is 15.4. The minimum absolute atomic E-state index is 0.0509. The Labute approximate surface area is 304 Å². The summed E-state index contributed by atoms with van der Waals surface area (Å²) in [4.78, 5) is 86.6. The van der Waals surface area contributed by atoms with Crippen LogP contribution in [0.1, 0.15) is 105 Å². The molecule has 0 saturated heterocycles. The number of esters is 5. The molecule has 0 bridgehead atoms. The molecule has 0 amide bonds. The van der Waals surface area contributed by atoms with Crippen LogP contribution < -0.4 is 0 Å². The normalized spacial score (nSPS) is 37.5. The average molecular weight is 728 g/mol. The lowest BCUT2D eigenvalue weighted by molar-refractivity contribution is -0.237. The molecule has 0 unspecified atom stereocenters. The molecule has 4 saturated carbocycles. The van der Waals surface area contributed by atoms with Gasteiger partial charge in [-0.2, -0.15) is 0 Å². The van der Waals surface area contributed by atoms with Gasteiger partial charge >= 0.3 is 29.8 Å². The molecule has 0 radical (unpaired) electrons. The van der Waals surface area contributed by atoms with E-state index in [0.29, 0.717) is 12.8 Å². The molecule has 52 heavy (non-hydrogen) atoms. The van der Waals surface area contributed by atoms with E-state index in [1.54, 1.807) is 26.8 Å². The van der Waals surface area contributed by atoms with Gasteiger partial charge in [-0.25, -0.2) is 4.79 Å². The molecule has 13 heteroatoms. The van der Waals surface area contributed by atoms with E-state index in [1.165, 1.54) is 32.3 Å². The number of aliphatic hydroxyl groups is 1. The number of hydrogen-bond donors (Lipinski definition) is 1. The summed E-state index contributed by atoms with van der Waals surface area (Å²) in [5.74, 6) is -8.82. The third-order valence-corrected chi connectivity index (χ3v) is 12.5. The Hall–Kier alpha value is -3.87. The highest BCUT2D eigenvalue weighted by atomic mass is 16.6.